The van der Waals surface area contributed by atoms with Gasteiger partial charge in [0.15, 0.2) is 5.78 Å². The average Bonchev–Trinajstić information content (AvgIpc) is 2.10. The molecule has 0 heterocycles. The van der Waals surface area contributed by atoms with Gasteiger partial charge in [-0.05, 0) is 41.9 Å². The van der Waals surface area contributed by atoms with E-state index in [1.165, 1.54) is 6.92 Å². The molecule has 0 spiro atoms. The largest absolute Gasteiger partial charge is 0.492 e. The van der Waals surface area contributed by atoms with E-state index in [1.54, 1.807) is 12.1 Å². The normalized spacial score (nSPS) is 10.0. The molecule has 4 heteroatoms. The highest BCUT2D eigenvalue weighted by molar-refractivity contribution is 9.10. The third kappa shape index (κ3) is 2.49. The summed E-state index contributed by atoms with van der Waals surface area (Å²) in [5.74, 6) is 0.563. The molecule has 0 aliphatic rings. The van der Waals surface area contributed by atoms with Gasteiger partial charge in [0, 0.05) is 10.0 Å². The van der Waals surface area contributed by atoms with Crippen LogP contribution in [0.1, 0.15) is 24.2 Å². The third-order valence-electron chi connectivity index (χ3n) is 1.70. The molecule has 14 heavy (non-hydrogen) atoms. The Morgan fingerprint density at radius 2 is 2.21 bits per heavy atom. The summed E-state index contributed by atoms with van der Waals surface area (Å²) < 4.78 is 5.99. The zero-order valence-electron chi connectivity index (χ0n) is 7.93. The fourth-order valence-corrected chi connectivity index (χ4v) is 1.88. The van der Waals surface area contributed by atoms with Crippen molar-refractivity contribution in [2.75, 3.05) is 6.61 Å². The molecular formula is C10H10BrClO2. The summed E-state index contributed by atoms with van der Waals surface area (Å²) in [4.78, 5) is 11.2. The first kappa shape index (κ1) is 11.5. The van der Waals surface area contributed by atoms with E-state index in [4.69, 9.17) is 16.3 Å². The van der Waals surface area contributed by atoms with Crippen molar-refractivity contribution in [3.63, 3.8) is 0 Å². The monoisotopic (exact) mass is 276 g/mol. The van der Waals surface area contributed by atoms with E-state index in [0.717, 1.165) is 0 Å². The summed E-state index contributed by atoms with van der Waals surface area (Å²) in [6.45, 7) is 3.92. The Bertz CT molecular complexity index is 363. The number of ether oxygens (including phenoxy) is 1. The van der Waals surface area contributed by atoms with Crippen LogP contribution in [0.5, 0.6) is 5.75 Å². The summed E-state index contributed by atoms with van der Waals surface area (Å²) in [6.07, 6.45) is 0. The minimum atomic E-state index is -0.0261. The van der Waals surface area contributed by atoms with Crippen molar-refractivity contribution < 1.29 is 9.53 Å². The van der Waals surface area contributed by atoms with Crippen LogP contribution in [-0.4, -0.2) is 12.4 Å². The van der Waals surface area contributed by atoms with Crippen LogP contribution < -0.4 is 4.74 Å². The fourth-order valence-electron chi connectivity index (χ4n) is 1.06. The SMILES string of the molecule is CCOc1cc(Br)c(C(C)=O)cc1Cl. The molecule has 0 aliphatic carbocycles. The van der Waals surface area contributed by atoms with Gasteiger partial charge in [-0.2, -0.15) is 0 Å². The van der Waals surface area contributed by atoms with E-state index in [9.17, 15) is 4.79 Å². The molecule has 0 saturated carbocycles. The van der Waals surface area contributed by atoms with E-state index in [2.05, 4.69) is 15.9 Å². The van der Waals surface area contributed by atoms with Crippen molar-refractivity contribution in [2.45, 2.75) is 13.8 Å². The van der Waals surface area contributed by atoms with Crippen molar-refractivity contribution >= 4 is 33.3 Å². The lowest BCUT2D eigenvalue weighted by molar-refractivity contribution is 0.101. The summed E-state index contributed by atoms with van der Waals surface area (Å²) in [5, 5.41) is 0.459. The summed E-state index contributed by atoms with van der Waals surface area (Å²) >= 11 is 9.22. The molecule has 0 fully saturated rings. The topological polar surface area (TPSA) is 26.3 Å². The number of Topliss-reactive ketones (excluding diaryl/α,β-unsaturated/α-hetero) is 1. The summed E-state index contributed by atoms with van der Waals surface area (Å²) in [5.41, 5.74) is 0.568. The highest BCUT2D eigenvalue weighted by atomic mass is 79.9. The molecule has 0 aromatic heterocycles. The Kier molecular flexibility index (Phi) is 3.96. The van der Waals surface area contributed by atoms with Gasteiger partial charge in [0.1, 0.15) is 5.75 Å². The van der Waals surface area contributed by atoms with E-state index in [0.29, 0.717) is 27.4 Å². The van der Waals surface area contributed by atoms with Crippen LogP contribution in [0.25, 0.3) is 0 Å². The molecule has 0 saturated heterocycles. The second kappa shape index (κ2) is 4.80. The van der Waals surface area contributed by atoms with Gasteiger partial charge in [-0.3, -0.25) is 4.79 Å². The fraction of sp³-hybridized carbons (Fsp3) is 0.300. The second-order valence-corrected chi connectivity index (χ2v) is 4.01. The zero-order valence-corrected chi connectivity index (χ0v) is 10.3. The van der Waals surface area contributed by atoms with Gasteiger partial charge in [-0.15, -0.1) is 0 Å². The van der Waals surface area contributed by atoms with Crippen LogP contribution in [-0.2, 0) is 0 Å². The summed E-state index contributed by atoms with van der Waals surface area (Å²) in [7, 11) is 0. The molecule has 0 aliphatic heterocycles. The highest BCUT2D eigenvalue weighted by Crippen LogP contribution is 2.31. The molecule has 2 nitrogen and oxygen atoms in total. The highest BCUT2D eigenvalue weighted by Gasteiger charge is 2.10. The summed E-state index contributed by atoms with van der Waals surface area (Å²) in [6, 6.07) is 3.32. The standard InChI is InChI=1S/C10H10BrClO2/c1-3-14-10-5-8(11)7(6(2)13)4-9(10)12/h4-5H,3H2,1-2H3. The van der Waals surface area contributed by atoms with Gasteiger partial charge in [-0.25, -0.2) is 0 Å². The number of halogens is 2. The average molecular weight is 278 g/mol. The number of carbonyl (C=O) groups excluding carboxylic acids is 1. The zero-order chi connectivity index (χ0) is 10.7. The van der Waals surface area contributed by atoms with Crippen molar-refractivity contribution in [2.24, 2.45) is 0 Å². The third-order valence-corrected chi connectivity index (χ3v) is 2.65. The van der Waals surface area contributed by atoms with Crippen LogP contribution in [0.2, 0.25) is 5.02 Å². The Balaban J connectivity index is 3.17. The van der Waals surface area contributed by atoms with Gasteiger partial charge >= 0.3 is 0 Å². The van der Waals surface area contributed by atoms with Crippen LogP contribution in [0.15, 0.2) is 16.6 Å². The molecule has 0 N–H and O–H groups in total. The lowest BCUT2D eigenvalue weighted by Crippen LogP contribution is -1.97. The maximum atomic E-state index is 11.2. The molecular weight excluding hydrogens is 267 g/mol. The van der Waals surface area contributed by atoms with E-state index in [-0.39, 0.29) is 5.78 Å². The van der Waals surface area contributed by atoms with E-state index >= 15 is 0 Å². The van der Waals surface area contributed by atoms with Gasteiger partial charge in [0.2, 0.25) is 0 Å². The Morgan fingerprint density at radius 3 is 2.71 bits per heavy atom. The predicted molar refractivity (Wildman–Crippen MR) is 60.3 cm³/mol. The van der Waals surface area contributed by atoms with Crippen molar-refractivity contribution in [1.29, 1.82) is 0 Å². The maximum Gasteiger partial charge on any atom is 0.160 e. The molecule has 1 aromatic carbocycles. The molecule has 76 valence electrons. The van der Waals surface area contributed by atoms with Crippen LogP contribution in [0.3, 0.4) is 0 Å². The van der Waals surface area contributed by atoms with Gasteiger partial charge < -0.3 is 4.74 Å². The molecule has 1 aromatic rings. The number of benzene rings is 1. The molecule has 1 rings (SSSR count). The van der Waals surface area contributed by atoms with Gasteiger partial charge in [-0.1, -0.05) is 11.6 Å². The quantitative estimate of drug-likeness (QED) is 0.787. The lowest BCUT2D eigenvalue weighted by atomic mass is 10.1. The molecule has 0 radical (unpaired) electrons. The number of hydrogen-bond donors (Lipinski definition) is 0. The Hall–Kier alpha value is -0.540. The van der Waals surface area contributed by atoms with Crippen LogP contribution in [0.4, 0.5) is 0 Å². The number of carbonyl (C=O) groups is 1. The van der Waals surface area contributed by atoms with E-state index < -0.39 is 0 Å². The smallest absolute Gasteiger partial charge is 0.160 e. The number of ketones is 1. The van der Waals surface area contributed by atoms with Crippen molar-refractivity contribution in [3.8, 4) is 5.75 Å². The molecule has 0 unspecified atom stereocenters. The number of hydrogen-bond acceptors (Lipinski definition) is 2. The lowest BCUT2D eigenvalue weighted by Gasteiger charge is -2.08. The molecule has 0 atom stereocenters. The molecule has 0 amide bonds. The number of rotatable bonds is 3. The van der Waals surface area contributed by atoms with Gasteiger partial charge in [0.05, 0.1) is 11.6 Å². The molecule has 0 bridgehead atoms. The van der Waals surface area contributed by atoms with Gasteiger partial charge in [0.25, 0.3) is 0 Å². The Morgan fingerprint density at radius 1 is 1.57 bits per heavy atom. The van der Waals surface area contributed by atoms with Crippen LogP contribution in [0, 0.1) is 0 Å². The first-order chi connectivity index (χ1) is 6.56. The van der Waals surface area contributed by atoms with Crippen molar-refractivity contribution in [3.05, 3.63) is 27.2 Å². The Labute approximate surface area is 96.3 Å². The second-order valence-electron chi connectivity index (χ2n) is 2.75. The van der Waals surface area contributed by atoms with Crippen molar-refractivity contribution in [1.82, 2.24) is 0 Å². The predicted octanol–water partition coefficient (Wildman–Crippen LogP) is 3.70. The minimum Gasteiger partial charge on any atom is -0.492 e. The first-order valence-electron chi connectivity index (χ1n) is 4.19. The van der Waals surface area contributed by atoms with Crippen LogP contribution >= 0.6 is 27.5 Å². The minimum absolute atomic E-state index is 0.0261. The van der Waals surface area contributed by atoms with E-state index in [1.807, 2.05) is 6.92 Å². The maximum absolute atomic E-state index is 11.2. The first-order valence-corrected chi connectivity index (χ1v) is 5.36.